The van der Waals surface area contributed by atoms with Crippen molar-refractivity contribution in [1.82, 2.24) is 5.32 Å². The first kappa shape index (κ1) is 13.3. The molecule has 1 aromatic rings. The summed E-state index contributed by atoms with van der Waals surface area (Å²) >= 11 is 0. The van der Waals surface area contributed by atoms with Gasteiger partial charge in [-0.1, -0.05) is 27.7 Å². The molecule has 0 fully saturated rings. The molecule has 0 aliphatic heterocycles. The minimum atomic E-state index is 0.312. The fourth-order valence-corrected chi connectivity index (χ4v) is 1.84. The summed E-state index contributed by atoms with van der Waals surface area (Å²) in [6, 6.07) is 4.47. The van der Waals surface area contributed by atoms with Crippen molar-refractivity contribution in [2.24, 2.45) is 5.41 Å². The molecule has 0 aliphatic carbocycles. The van der Waals surface area contributed by atoms with Crippen molar-refractivity contribution in [2.45, 2.75) is 53.5 Å². The Morgan fingerprint density at radius 1 is 1.31 bits per heavy atom. The zero-order valence-electron chi connectivity index (χ0n) is 11.3. The molecule has 0 aromatic carbocycles. The molecule has 1 rings (SSSR count). The molecule has 0 amide bonds. The van der Waals surface area contributed by atoms with Crippen LogP contribution in [0.4, 0.5) is 0 Å². The van der Waals surface area contributed by atoms with E-state index in [2.05, 4.69) is 39.1 Å². The second kappa shape index (κ2) is 5.53. The van der Waals surface area contributed by atoms with Gasteiger partial charge >= 0.3 is 0 Å². The molecule has 0 bridgehead atoms. The van der Waals surface area contributed by atoms with Crippen LogP contribution in [0, 0.1) is 12.3 Å². The third-order valence-corrected chi connectivity index (χ3v) is 2.56. The van der Waals surface area contributed by atoms with Gasteiger partial charge in [-0.2, -0.15) is 0 Å². The van der Waals surface area contributed by atoms with Crippen LogP contribution < -0.4 is 5.32 Å². The lowest BCUT2D eigenvalue weighted by atomic mass is 9.87. The molecule has 92 valence electrons. The Kier molecular flexibility index (Phi) is 4.60. The third kappa shape index (κ3) is 4.40. The first-order chi connectivity index (χ1) is 7.42. The van der Waals surface area contributed by atoms with Crippen LogP contribution in [-0.2, 0) is 0 Å². The fourth-order valence-electron chi connectivity index (χ4n) is 1.84. The van der Waals surface area contributed by atoms with E-state index in [1.165, 1.54) is 0 Å². The maximum atomic E-state index is 5.73. The van der Waals surface area contributed by atoms with E-state index in [-0.39, 0.29) is 0 Å². The Balaban J connectivity index is 2.71. The van der Waals surface area contributed by atoms with Gasteiger partial charge in [0.05, 0.1) is 6.04 Å². The lowest BCUT2D eigenvalue weighted by Crippen LogP contribution is -2.26. The molecule has 2 heteroatoms. The van der Waals surface area contributed by atoms with Gasteiger partial charge in [-0.15, -0.1) is 0 Å². The SMILES string of the molecule is CCCNC(CC(C)(C)C)c1ccc(C)o1. The summed E-state index contributed by atoms with van der Waals surface area (Å²) in [5, 5.41) is 3.56. The number of rotatable bonds is 5. The maximum Gasteiger partial charge on any atom is 0.121 e. The van der Waals surface area contributed by atoms with Gasteiger partial charge in [0, 0.05) is 0 Å². The summed E-state index contributed by atoms with van der Waals surface area (Å²) in [5.41, 5.74) is 0.312. The van der Waals surface area contributed by atoms with Crippen molar-refractivity contribution in [1.29, 1.82) is 0 Å². The lowest BCUT2D eigenvalue weighted by molar-refractivity contribution is 0.281. The highest BCUT2D eigenvalue weighted by molar-refractivity contribution is 5.10. The molecule has 1 N–H and O–H groups in total. The average molecular weight is 223 g/mol. The van der Waals surface area contributed by atoms with Crippen LogP contribution in [0.1, 0.15) is 58.1 Å². The molecule has 1 aromatic heterocycles. The predicted molar refractivity (Wildman–Crippen MR) is 68.6 cm³/mol. The largest absolute Gasteiger partial charge is 0.465 e. The first-order valence-electron chi connectivity index (χ1n) is 6.22. The monoisotopic (exact) mass is 223 g/mol. The van der Waals surface area contributed by atoms with E-state index in [0.29, 0.717) is 11.5 Å². The molecule has 1 atom stereocenters. The van der Waals surface area contributed by atoms with Crippen molar-refractivity contribution >= 4 is 0 Å². The van der Waals surface area contributed by atoms with E-state index in [1.807, 2.05) is 13.0 Å². The van der Waals surface area contributed by atoms with Crippen LogP contribution in [-0.4, -0.2) is 6.54 Å². The Labute approximate surface area is 99.4 Å². The van der Waals surface area contributed by atoms with Crippen LogP contribution >= 0.6 is 0 Å². The van der Waals surface area contributed by atoms with E-state index < -0.39 is 0 Å². The minimum Gasteiger partial charge on any atom is -0.465 e. The summed E-state index contributed by atoms with van der Waals surface area (Å²) in [6.07, 6.45) is 2.25. The van der Waals surface area contributed by atoms with Gasteiger partial charge in [0.25, 0.3) is 0 Å². The van der Waals surface area contributed by atoms with Crippen LogP contribution in [0.2, 0.25) is 0 Å². The second-order valence-electron chi connectivity index (χ2n) is 5.72. The van der Waals surface area contributed by atoms with E-state index in [4.69, 9.17) is 4.42 Å². The maximum absolute atomic E-state index is 5.73. The van der Waals surface area contributed by atoms with Crippen molar-refractivity contribution in [2.75, 3.05) is 6.54 Å². The Morgan fingerprint density at radius 2 is 2.00 bits per heavy atom. The van der Waals surface area contributed by atoms with Gasteiger partial charge in [0.1, 0.15) is 11.5 Å². The Bertz CT molecular complexity index is 309. The molecule has 2 nitrogen and oxygen atoms in total. The molecule has 0 aliphatic rings. The number of aryl methyl sites for hydroxylation is 1. The van der Waals surface area contributed by atoms with Gasteiger partial charge < -0.3 is 9.73 Å². The standard InChI is InChI=1S/C14H25NO/c1-6-9-15-12(10-14(3,4)5)13-8-7-11(2)16-13/h7-8,12,15H,6,9-10H2,1-5H3. The molecule has 16 heavy (non-hydrogen) atoms. The van der Waals surface area contributed by atoms with Gasteiger partial charge in [-0.25, -0.2) is 0 Å². The second-order valence-corrected chi connectivity index (χ2v) is 5.72. The number of hydrogen-bond acceptors (Lipinski definition) is 2. The molecular weight excluding hydrogens is 198 g/mol. The molecular formula is C14H25NO. The average Bonchev–Trinajstić information content (AvgIpc) is 2.57. The van der Waals surface area contributed by atoms with Crippen LogP contribution in [0.3, 0.4) is 0 Å². The zero-order valence-corrected chi connectivity index (χ0v) is 11.3. The first-order valence-corrected chi connectivity index (χ1v) is 6.22. The van der Waals surface area contributed by atoms with E-state index in [1.54, 1.807) is 0 Å². The number of hydrogen-bond donors (Lipinski definition) is 1. The summed E-state index contributed by atoms with van der Waals surface area (Å²) in [6.45, 7) is 12.0. The van der Waals surface area contributed by atoms with Gasteiger partial charge in [0.2, 0.25) is 0 Å². The van der Waals surface area contributed by atoms with Crippen LogP contribution in [0.25, 0.3) is 0 Å². The summed E-state index contributed by atoms with van der Waals surface area (Å²) in [5.74, 6) is 2.06. The normalized spacial score (nSPS) is 14.1. The molecule has 0 saturated carbocycles. The summed E-state index contributed by atoms with van der Waals surface area (Å²) in [4.78, 5) is 0. The smallest absolute Gasteiger partial charge is 0.121 e. The van der Waals surface area contributed by atoms with Crippen molar-refractivity contribution in [3.8, 4) is 0 Å². The highest BCUT2D eigenvalue weighted by atomic mass is 16.3. The zero-order chi connectivity index (χ0) is 12.2. The summed E-state index contributed by atoms with van der Waals surface area (Å²) in [7, 11) is 0. The van der Waals surface area contributed by atoms with Crippen LogP contribution in [0.15, 0.2) is 16.5 Å². The molecule has 1 heterocycles. The topological polar surface area (TPSA) is 25.2 Å². The third-order valence-electron chi connectivity index (χ3n) is 2.56. The lowest BCUT2D eigenvalue weighted by Gasteiger charge is -2.25. The molecule has 0 spiro atoms. The fraction of sp³-hybridized carbons (Fsp3) is 0.714. The van der Waals surface area contributed by atoms with Crippen molar-refractivity contribution in [3.05, 3.63) is 23.7 Å². The quantitative estimate of drug-likeness (QED) is 0.814. The molecule has 0 saturated heterocycles. The Hall–Kier alpha value is -0.760. The van der Waals surface area contributed by atoms with Crippen molar-refractivity contribution < 1.29 is 4.42 Å². The van der Waals surface area contributed by atoms with E-state index in [0.717, 1.165) is 30.9 Å². The highest BCUT2D eigenvalue weighted by Gasteiger charge is 2.21. The van der Waals surface area contributed by atoms with Gasteiger partial charge in [0.15, 0.2) is 0 Å². The predicted octanol–water partition coefficient (Wildman–Crippen LogP) is 4.06. The number of furan rings is 1. The minimum absolute atomic E-state index is 0.312. The van der Waals surface area contributed by atoms with E-state index >= 15 is 0 Å². The Morgan fingerprint density at radius 3 is 2.44 bits per heavy atom. The van der Waals surface area contributed by atoms with Gasteiger partial charge in [-0.3, -0.25) is 0 Å². The molecule has 0 radical (unpaired) electrons. The van der Waals surface area contributed by atoms with Gasteiger partial charge in [-0.05, 0) is 43.9 Å². The van der Waals surface area contributed by atoms with E-state index in [9.17, 15) is 0 Å². The molecule has 1 unspecified atom stereocenters. The number of nitrogens with one attached hydrogen (secondary N) is 1. The highest BCUT2D eigenvalue weighted by Crippen LogP contribution is 2.30. The van der Waals surface area contributed by atoms with Crippen LogP contribution in [0.5, 0.6) is 0 Å². The summed E-state index contributed by atoms with van der Waals surface area (Å²) < 4.78 is 5.73. The van der Waals surface area contributed by atoms with Crippen molar-refractivity contribution in [3.63, 3.8) is 0 Å².